The van der Waals surface area contributed by atoms with Gasteiger partial charge in [-0.15, -0.1) is 0 Å². The fraction of sp³-hybridized carbons (Fsp3) is 0.500. The molecule has 0 bridgehead atoms. The second kappa shape index (κ2) is 10.9. The van der Waals surface area contributed by atoms with E-state index in [0.717, 1.165) is 74.6 Å². The van der Waals surface area contributed by atoms with E-state index in [9.17, 15) is 9.90 Å². The number of anilines is 1. The number of hydrogen-bond acceptors (Lipinski definition) is 6. The molecular weight excluding hydrogens is 418 g/mol. The molecule has 2 aromatic carbocycles. The van der Waals surface area contributed by atoms with Gasteiger partial charge >= 0.3 is 0 Å². The van der Waals surface area contributed by atoms with E-state index in [1.807, 2.05) is 42.5 Å². The smallest absolute Gasteiger partial charge is 0.253 e. The lowest BCUT2D eigenvalue weighted by molar-refractivity contribution is 0.0474. The minimum atomic E-state index is -0.401. The summed E-state index contributed by atoms with van der Waals surface area (Å²) in [6.45, 7) is 3.84. The molecule has 2 aliphatic heterocycles. The fourth-order valence-electron chi connectivity index (χ4n) is 4.75. The highest BCUT2D eigenvalue weighted by atomic mass is 16.5. The molecule has 0 unspecified atom stereocenters. The summed E-state index contributed by atoms with van der Waals surface area (Å²) in [5, 5.41) is 13.5. The summed E-state index contributed by atoms with van der Waals surface area (Å²) in [4.78, 5) is 16.9. The SMILES string of the molecule is COc1ccc(OC)c(CNC2CCN(c3ccc(C(=O)N4CCC[C@H](O)C4)cc3)CC2)c1. The summed E-state index contributed by atoms with van der Waals surface area (Å²) in [7, 11) is 3.37. The number of β-amino-alcohol motifs (C(OH)–C–C–N with tert-alkyl or cyclic N) is 1. The molecule has 2 heterocycles. The minimum Gasteiger partial charge on any atom is -0.497 e. The number of benzene rings is 2. The van der Waals surface area contributed by atoms with Gasteiger partial charge in [-0.25, -0.2) is 0 Å². The number of methoxy groups -OCH3 is 2. The van der Waals surface area contributed by atoms with Crippen LogP contribution in [0.4, 0.5) is 5.69 Å². The van der Waals surface area contributed by atoms with E-state index >= 15 is 0 Å². The number of ether oxygens (including phenoxy) is 2. The fourth-order valence-corrected chi connectivity index (χ4v) is 4.75. The average molecular weight is 454 g/mol. The van der Waals surface area contributed by atoms with Crippen molar-refractivity contribution in [3.63, 3.8) is 0 Å². The van der Waals surface area contributed by atoms with Crippen LogP contribution >= 0.6 is 0 Å². The standard InChI is InChI=1S/C26H35N3O4/c1-32-24-9-10-25(33-2)20(16-24)17-27-21-11-14-28(15-12-21)22-7-5-19(6-8-22)26(31)29-13-3-4-23(30)18-29/h5-10,16,21,23,27,30H,3-4,11-15,17-18H2,1-2H3/t23-/m0/s1. The van der Waals surface area contributed by atoms with Crippen LogP contribution in [0.3, 0.4) is 0 Å². The Morgan fingerprint density at radius 1 is 1.03 bits per heavy atom. The number of hydrogen-bond donors (Lipinski definition) is 2. The predicted octanol–water partition coefficient (Wildman–Crippen LogP) is 3.06. The van der Waals surface area contributed by atoms with Crippen molar-refractivity contribution in [1.29, 1.82) is 0 Å². The third-order valence-corrected chi connectivity index (χ3v) is 6.73. The van der Waals surface area contributed by atoms with Crippen molar-refractivity contribution >= 4 is 11.6 Å². The van der Waals surface area contributed by atoms with Crippen LogP contribution in [0.2, 0.25) is 0 Å². The molecule has 2 aliphatic rings. The molecule has 2 fully saturated rings. The van der Waals surface area contributed by atoms with Gasteiger partial charge < -0.3 is 29.7 Å². The van der Waals surface area contributed by atoms with Crippen molar-refractivity contribution in [1.82, 2.24) is 10.2 Å². The molecule has 2 saturated heterocycles. The molecule has 0 spiro atoms. The Hall–Kier alpha value is -2.77. The normalized spacial score (nSPS) is 19.4. The molecule has 2 aromatic rings. The van der Waals surface area contributed by atoms with Crippen LogP contribution in [0.5, 0.6) is 11.5 Å². The molecule has 33 heavy (non-hydrogen) atoms. The molecule has 0 aliphatic carbocycles. The van der Waals surface area contributed by atoms with Gasteiger partial charge in [0.05, 0.1) is 20.3 Å². The number of carbonyl (C=O) groups excluding carboxylic acids is 1. The van der Waals surface area contributed by atoms with Crippen molar-refractivity contribution < 1.29 is 19.4 Å². The van der Waals surface area contributed by atoms with Gasteiger partial charge in [-0.2, -0.15) is 0 Å². The maximum absolute atomic E-state index is 12.7. The molecular formula is C26H35N3O4. The second-order valence-corrected chi connectivity index (χ2v) is 8.91. The second-order valence-electron chi connectivity index (χ2n) is 8.91. The van der Waals surface area contributed by atoms with E-state index < -0.39 is 6.10 Å². The van der Waals surface area contributed by atoms with E-state index in [1.54, 1.807) is 19.1 Å². The Balaban J connectivity index is 1.28. The van der Waals surface area contributed by atoms with Crippen molar-refractivity contribution in [3.8, 4) is 11.5 Å². The molecule has 0 aromatic heterocycles. The van der Waals surface area contributed by atoms with Crippen molar-refractivity contribution in [2.24, 2.45) is 0 Å². The zero-order chi connectivity index (χ0) is 23.2. The van der Waals surface area contributed by atoms with E-state index in [2.05, 4.69) is 10.2 Å². The largest absolute Gasteiger partial charge is 0.497 e. The lowest BCUT2D eigenvalue weighted by Crippen LogP contribution is -2.42. The number of nitrogens with one attached hydrogen (secondary N) is 1. The minimum absolute atomic E-state index is 0.0104. The van der Waals surface area contributed by atoms with Crippen LogP contribution in [0.1, 0.15) is 41.6 Å². The number of aliphatic hydroxyl groups excluding tert-OH is 1. The van der Waals surface area contributed by atoms with E-state index in [-0.39, 0.29) is 5.91 Å². The third-order valence-electron chi connectivity index (χ3n) is 6.73. The number of amides is 1. The lowest BCUT2D eigenvalue weighted by Gasteiger charge is -2.34. The number of piperidine rings is 2. The Morgan fingerprint density at radius 2 is 1.79 bits per heavy atom. The maximum atomic E-state index is 12.7. The topological polar surface area (TPSA) is 74.3 Å². The number of rotatable bonds is 7. The molecule has 0 saturated carbocycles. The van der Waals surface area contributed by atoms with Crippen molar-refractivity contribution in [3.05, 3.63) is 53.6 Å². The molecule has 0 radical (unpaired) electrons. The van der Waals surface area contributed by atoms with Crippen LogP contribution in [0, 0.1) is 0 Å². The zero-order valence-corrected chi connectivity index (χ0v) is 19.6. The van der Waals surface area contributed by atoms with Crippen LogP contribution in [0.25, 0.3) is 0 Å². The van der Waals surface area contributed by atoms with Gasteiger partial charge in [0.15, 0.2) is 0 Å². The summed E-state index contributed by atoms with van der Waals surface area (Å²) >= 11 is 0. The first-order valence-electron chi connectivity index (χ1n) is 11.8. The Kier molecular flexibility index (Phi) is 7.73. The van der Waals surface area contributed by atoms with Gasteiger partial charge in [0.1, 0.15) is 11.5 Å². The maximum Gasteiger partial charge on any atom is 0.253 e. The van der Waals surface area contributed by atoms with E-state index in [4.69, 9.17) is 9.47 Å². The predicted molar refractivity (Wildman–Crippen MR) is 129 cm³/mol. The quantitative estimate of drug-likeness (QED) is 0.671. The van der Waals surface area contributed by atoms with Crippen molar-refractivity contribution in [2.45, 2.75) is 44.4 Å². The molecule has 4 rings (SSSR count). The number of carbonyl (C=O) groups is 1. The first kappa shape index (κ1) is 23.4. The number of aliphatic hydroxyl groups is 1. The molecule has 178 valence electrons. The number of likely N-dealkylation sites (tertiary alicyclic amines) is 1. The van der Waals surface area contributed by atoms with Gasteiger partial charge in [-0.1, -0.05) is 0 Å². The highest BCUT2D eigenvalue weighted by molar-refractivity contribution is 5.94. The van der Waals surface area contributed by atoms with Gasteiger partial charge in [-0.05, 0) is 68.1 Å². The Bertz CT molecular complexity index is 926. The number of nitrogens with zero attached hydrogens (tertiary/aromatic N) is 2. The summed E-state index contributed by atoms with van der Waals surface area (Å²) in [5.41, 5.74) is 2.94. The Morgan fingerprint density at radius 3 is 2.45 bits per heavy atom. The monoisotopic (exact) mass is 453 g/mol. The van der Waals surface area contributed by atoms with E-state index in [1.165, 1.54) is 0 Å². The first-order chi connectivity index (χ1) is 16.1. The molecule has 1 amide bonds. The van der Waals surface area contributed by atoms with Crippen LogP contribution in [-0.2, 0) is 6.54 Å². The van der Waals surface area contributed by atoms with Crippen LogP contribution in [0.15, 0.2) is 42.5 Å². The van der Waals surface area contributed by atoms with Gasteiger partial charge in [-0.3, -0.25) is 4.79 Å². The summed E-state index contributed by atoms with van der Waals surface area (Å²) in [5.74, 6) is 1.71. The molecule has 1 atom stereocenters. The summed E-state index contributed by atoms with van der Waals surface area (Å²) in [6.07, 6.45) is 3.35. The van der Waals surface area contributed by atoms with Gasteiger partial charge in [0.25, 0.3) is 5.91 Å². The summed E-state index contributed by atoms with van der Waals surface area (Å²) < 4.78 is 10.8. The highest BCUT2D eigenvalue weighted by Gasteiger charge is 2.24. The average Bonchev–Trinajstić information content (AvgIpc) is 2.87. The van der Waals surface area contributed by atoms with Gasteiger partial charge in [0.2, 0.25) is 0 Å². The van der Waals surface area contributed by atoms with Gasteiger partial charge in [0, 0.05) is 55.6 Å². The summed E-state index contributed by atoms with van der Waals surface area (Å²) in [6, 6.07) is 14.2. The molecule has 7 nitrogen and oxygen atoms in total. The molecule has 7 heteroatoms. The Labute approximate surface area is 196 Å². The van der Waals surface area contributed by atoms with Crippen LogP contribution < -0.4 is 19.7 Å². The van der Waals surface area contributed by atoms with E-state index in [0.29, 0.717) is 18.2 Å². The van der Waals surface area contributed by atoms with Crippen molar-refractivity contribution in [2.75, 3.05) is 45.3 Å². The lowest BCUT2D eigenvalue weighted by atomic mass is 10.0. The highest BCUT2D eigenvalue weighted by Crippen LogP contribution is 2.25. The zero-order valence-electron chi connectivity index (χ0n) is 19.6. The third kappa shape index (κ3) is 5.78. The van der Waals surface area contributed by atoms with Crippen LogP contribution in [-0.4, -0.2) is 68.5 Å². The first-order valence-corrected chi connectivity index (χ1v) is 11.8. The molecule has 2 N–H and O–H groups in total.